The average Bonchev–Trinajstić information content (AvgIpc) is 2.63. The van der Waals surface area contributed by atoms with Crippen LogP contribution in [0.1, 0.15) is 26.3 Å². The Balaban J connectivity index is 2.38. The van der Waals surface area contributed by atoms with Crippen molar-refractivity contribution in [2.45, 2.75) is 26.4 Å². The van der Waals surface area contributed by atoms with Crippen LogP contribution in [0.5, 0.6) is 11.5 Å². The van der Waals surface area contributed by atoms with Gasteiger partial charge in [-0.15, -0.1) is 0 Å². The molecule has 15 heavy (non-hydrogen) atoms. The first kappa shape index (κ1) is 10.3. The highest BCUT2D eigenvalue weighted by atomic mass is 16.7. The summed E-state index contributed by atoms with van der Waals surface area (Å²) in [5.41, 5.74) is 0.0304. The summed E-state index contributed by atoms with van der Waals surface area (Å²) < 4.78 is 10.5. The van der Waals surface area contributed by atoms with Crippen molar-refractivity contribution in [3.63, 3.8) is 0 Å². The molecule has 82 valence electrons. The van der Waals surface area contributed by atoms with Crippen molar-refractivity contribution in [1.82, 2.24) is 0 Å². The van der Waals surface area contributed by atoms with E-state index >= 15 is 0 Å². The van der Waals surface area contributed by atoms with Gasteiger partial charge in [0, 0.05) is 0 Å². The summed E-state index contributed by atoms with van der Waals surface area (Å²) in [6.45, 7) is 6.06. The van der Waals surface area contributed by atoms with Crippen molar-refractivity contribution in [2.24, 2.45) is 5.92 Å². The molecule has 1 aliphatic rings. The monoisotopic (exact) mass is 208 g/mol. The highest BCUT2D eigenvalue weighted by Crippen LogP contribution is 2.37. The van der Waals surface area contributed by atoms with Crippen LogP contribution in [0, 0.1) is 5.92 Å². The fourth-order valence-electron chi connectivity index (χ4n) is 1.54. The predicted molar refractivity (Wildman–Crippen MR) is 57.0 cm³/mol. The van der Waals surface area contributed by atoms with Gasteiger partial charge in [0.25, 0.3) is 0 Å². The lowest BCUT2D eigenvalue weighted by Crippen LogP contribution is -2.27. The van der Waals surface area contributed by atoms with E-state index in [1.807, 2.05) is 39.0 Å². The predicted octanol–water partition coefficient (Wildman–Crippen LogP) is 2.28. The first-order valence-corrected chi connectivity index (χ1v) is 5.14. The van der Waals surface area contributed by atoms with Crippen molar-refractivity contribution < 1.29 is 14.6 Å². The van der Waals surface area contributed by atoms with Crippen LogP contribution >= 0.6 is 0 Å². The summed E-state index contributed by atoms with van der Waals surface area (Å²) in [5, 5.41) is 10.3. The molecule has 2 rings (SSSR count). The maximum Gasteiger partial charge on any atom is 0.231 e. The van der Waals surface area contributed by atoms with Crippen LogP contribution in [0.25, 0.3) is 0 Å². The molecule has 0 spiro atoms. The van der Waals surface area contributed by atoms with Gasteiger partial charge in [-0.25, -0.2) is 0 Å². The third-order valence-electron chi connectivity index (χ3n) is 3.08. The molecule has 0 fully saturated rings. The molecule has 0 saturated heterocycles. The summed E-state index contributed by atoms with van der Waals surface area (Å²) in [5.74, 6) is 1.62. The Labute approximate surface area is 89.6 Å². The average molecular weight is 208 g/mol. The highest BCUT2D eigenvalue weighted by Gasteiger charge is 2.29. The molecule has 0 amide bonds. The summed E-state index contributed by atoms with van der Waals surface area (Å²) in [6.07, 6.45) is 0. The van der Waals surface area contributed by atoms with Gasteiger partial charge in [0.05, 0.1) is 5.60 Å². The lowest BCUT2D eigenvalue weighted by molar-refractivity contribution is 0.00889. The quantitative estimate of drug-likeness (QED) is 0.810. The Kier molecular flexibility index (Phi) is 2.35. The number of rotatable bonds is 2. The lowest BCUT2D eigenvalue weighted by Gasteiger charge is -2.28. The molecule has 1 heterocycles. The van der Waals surface area contributed by atoms with E-state index in [2.05, 4.69) is 0 Å². The molecule has 3 nitrogen and oxygen atoms in total. The van der Waals surface area contributed by atoms with Crippen LogP contribution in [0.3, 0.4) is 0 Å². The highest BCUT2D eigenvalue weighted by molar-refractivity contribution is 5.45. The second-order valence-electron chi connectivity index (χ2n) is 4.37. The van der Waals surface area contributed by atoms with Crippen molar-refractivity contribution in [3.05, 3.63) is 23.8 Å². The maximum absolute atomic E-state index is 10.3. The van der Waals surface area contributed by atoms with Crippen molar-refractivity contribution in [2.75, 3.05) is 6.79 Å². The van der Waals surface area contributed by atoms with Crippen LogP contribution in [0.4, 0.5) is 0 Å². The molecule has 3 heteroatoms. The normalized spacial score (nSPS) is 17.9. The molecule has 0 aromatic heterocycles. The molecule has 1 aromatic rings. The fraction of sp³-hybridized carbons (Fsp3) is 0.500. The third kappa shape index (κ3) is 1.67. The Bertz CT molecular complexity index is 369. The van der Waals surface area contributed by atoms with Gasteiger partial charge in [-0.05, 0) is 30.5 Å². The number of aliphatic hydroxyl groups is 1. The first-order valence-electron chi connectivity index (χ1n) is 5.14. The van der Waals surface area contributed by atoms with Gasteiger partial charge in [-0.2, -0.15) is 0 Å². The topological polar surface area (TPSA) is 38.7 Å². The van der Waals surface area contributed by atoms with Crippen molar-refractivity contribution in [3.8, 4) is 11.5 Å². The zero-order valence-corrected chi connectivity index (χ0v) is 9.28. The molecule has 0 unspecified atom stereocenters. The Morgan fingerprint density at radius 3 is 2.60 bits per heavy atom. The minimum atomic E-state index is -0.832. The second kappa shape index (κ2) is 3.42. The fourth-order valence-corrected chi connectivity index (χ4v) is 1.54. The number of hydrogen-bond acceptors (Lipinski definition) is 3. The summed E-state index contributed by atoms with van der Waals surface area (Å²) in [6, 6.07) is 5.57. The Morgan fingerprint density at radius 1 is 1.27 bits per heavy atom. The summed E-state index contributed by atoms with van der Waals surface area (Å²) in [7, 11) is 0. The second-order valence-corrected chi connectivity index (χ2v) is 4.37. The first-order chi connectivity index (χ1) is 7.01. The van der Waals surface area contributed by atoms with E-state index in [0.717, 1.165) is 11.3 Å². The van der Waals surface area contributed by atoms with Gasteiger partial charge < -0.3 is 14.6 Å². The van der Waals surface area contributed by atoms with Gasteiger partial charge in [0.2, 0.25) is 6.79 Å². The number of ether oxygens (including phenoxy) is 2. The molecule has 0 aliphatic carbocycles. The van der Waals surface area contributed by atoms with Crippen LogP contribution in [-0.2, 0) is 5.60 Å². The van der Waals surface area contributed by atoms with E-state index in [0.29, 0.717) is 5.75 Å². The molecule has 0 saturated carbocycles. The third-order valence-corrected chi connectivity index (χ3v) is 3.08. The number of hydrogen-bond donors (Lipinski definition) is 1. The van der Waals surface area contributed by atoms with Crippen molar-refractivity contribution in [1.29, 1.82) is 0 Å². The largest absolute Gasteiger partial charge is 0.454 e. The van der Waals surface area contributed by atoms with Crippen molar-refractivity contribution >= 4 is 0 Å². The van der Waals surface area contributed by atoms with Gasteiger partial charge >= 0.3 is 0 Å². The molecule has 1 atom stereocenters. The van der Waals surface area contributed by atoms with Crippen LogP contribution in [0.15, 0.2) is 18.2 Å². The zero-order valence-electron chi connectivity index (χ0n) is 9.28. The number of fused-ring (bicyclic) bond motifs is 1. The molecular formula is C12H16O3. The van der Waals surface area contributed by atoms with Crippen LogP contribution in [0.2, 0.25) is 0 Å². The van der Waals surface area contributed by atoms with E-state index in [-0.39, 0.29) is 12.7 Å². The molecule has 1 N–H and O–H groups in total. The lowest BCUT2D eigenvalue weighted by atomic mass is 9.85. The summed E-state index contributed by atoms with van der Waals surface area (Å²) >= 11 is 0. The molecule has 0 bridgehead atoms. The minimum absolute atomic E-state index is 0.151. The summed E-state index contributed by atoms with van der Waals surface area (Å²) in [4.78, 5) is 0. The molecule has 1 aromatic carbocycles. The SMILES string of the molecule is CC(C)[C@](C)(O)c1ccc2c(c1)OCO2. The van der Waals surface area contributed by atoms with E-state index < -0.39 is 5.60 Å². The van der Waals surface area contributed by atoms with Crippen LogP contribution in [-0.4, -0.2) is 11.9 Å². The standard InChI is InChI=1S/C12H16O3/c1-8(2)12(3,13)9-4-5-10-11(6-9)15-7-14-10/h4-6,8,13H,7H2,1-3H3/t12-/m0/s1. The molecule has 0 radical (unpaired) electrons. The minimum Gasteiger partial charge on any atom is -0.454 e. The van der Waals surface area contributed by atoms with Gasteiger partial charge in [-0.1, -0.05) is 19.9 Å². The van der Waals surface area contributed by atoms with Gasteiger partial charge in [-0.3, -0.25) is 0 Å². The van der Waals surface area contributed by atoms with E-state index in [4.69, 9.17) is 9.47 Å². The number of benzene rings is 1. The van der Waals surface area contributed by atoms with Crippen LogP contribution < -0.4 is 9.47 Å². The molecular weight excluding hydrogens is 192 g/mol. The maximum atomic E-state index is 10.3. The Morgan fingerprint density at radius 2 is 1.93 bits per heavy atom. The molecule has 1 aliphatic heterocycles. The van der Waals surface area contributed by atoms with Gasteiger partial charge in [0.15, 0.2) is 11.5 Å². The van der Waals surface area contributed by atoms with Gasteiger partial charge in [0.1, 0.15) is 0 Å². The van der Waals surface area contributed by atoms with E-state index in [1.165, 1.54) is 0 Å². The smallest absolute Gasteiger partial charge is 0.231 e. The van der Waals surface area contributed by atoms with E-state index in [1.54, 1.807) is 0 Å². The zero-order chi connectivity index (χ0) is 11.1. The van der Waals surface area contributed by atoms with E-state index in [9.17, 15) is 5.11 Å². The Hall–Kier alpha value is -1.22.